The molecule has 1 atom stereocenters. The van der Waals surface area contributed by atoms with E-state index in [1.54, 1.807) is 0 Å². The predicted octanol–water partition coefficient (Wildman–Crippen LogP) is 5.02. The van der Waals surface area contributed by atoms with Crippen molar-refractivity contribution in [3.63, 3.8) is 0 Å². The lowest BCUT2D eigenvalue weighted by molar-refractivity contribution is 0.0782. The van der Waals surface area contributed by atoms with Gasteiger partial charge in [-0.25, -0.2) is 0 Å². The molecule has 30 heavy (non-hydrogen) atoms. The summed E-state index contributed by atoms with van der Waals surface area (Å²) in [5.74, 6) is 0.111. The number of hydrogen-bond donors (Lipinski definition) is 1. The molecule has 150 valence electrons. The van der Waals surface area contributed by atoms with E-state index in [1.165, 1.54) is 5.56 Å². The van der Waals surface area contributed by atoms with Crippen molar-refractivity contribution in [1.29, 1.82) is 0 Å². The zero-order valence-corrected chi connectivity index (χ0v) is 16.9. The lowest BCUT2D eigenvalue weighted by Crippen LogP contribution is -2.33. The molecule has 5 rings (SSSR count). The van der Waals surface area contributed by atoms with Crippen LogP contribution in [0, 0.1) is 0 Å². The van der Waals surface area contributed by atoms with Crippen molar-refractivity contribution in [2.75, 3.05) is 18.4 Å². The van der Waals surface area contributed by atoms with E-state index in [0.29, 0.717) is 6.54 Å². The number of hydrogen-bond acceptors (Lipinski definition) is 2. The maximum atomic E-state index is 13.5. The van der Waals surface area contributed by atoms with Gasteiger partial charge in [0.15, 0.2) is 0 Å². The van der Waals surface area contributed by atoms with E-state index in [2.05, 4.69) is 46.3 Å². The molecule has 0 spiro atoms. The van der Waals surface area contributed by atoms with Gasteiger partial charge in [0.2, 0.25) is 0 Å². The van der Waals surface area contributed by atoms with Gasteiger partial charge in [0.25, 0.3) is 5.91 Å². The van der Waals surface area contributed by atoms with Crippen molar-refractivity contribution >= 4 is 22.5 Å². The van der Waals surface area contributed by atoms with Crippen molar-refractivity contribution < 1.29 is 4.79 Å². The molecule has 0 radical (unpaired) electrons. The van der Waals surface area contributed by atoms with Crippen LogP contribution < -0.4 is 5.32 Å². The molecule has 4 aromatic rings. The van der Waals surface area contributed by atoms with Crippen LogP contribution in [-0.4, -0.2) is 34.5 Å². The van der Waals surface area contributed by atoms with Crippen LogP contribution in [-0.2, 0) is 6.54 Å². The van der Waals surface area contributed by atoms with Crippen molar-refractivity contribution in [2.45, 2.75) is 19.0 Å². The zero-order chi connectivity index (χ0) is 20.3. The summed E-state index contributed by atoms with van der Waals surface area (Å²) in [5.41, 5.74) is 4.16. The van der Waals surface area contributed by atoms with Gasteiger partial charge in [0, 0.05) is 42.3 Å². The topological polar surface area (TPSA) is 37.3 Å². The Hall–Kier alpha value is -3.53. The lowest BCUT2D eigenvalue weighted by Gasteiger charge is -2.19. The van der Waals surface area contributed by atoms with Gasteiger partial charge in [-0.05, 0) is 36.2 Å². The highest BCUT2D eigenvalue weighted by atomic mass is 16.2. The zero-order valence-electron chi connectivity index (χ0n) is 16.9. The number of nitrogens with one attached hydrogen (secondary N) is 1. The second kappa shape index (κ2) is 8.07. The molecular weight excluding hydrogens is 370 g/mol. The van der Waals surface area contributed by atoms with E-state index in [9.17, 15) is 4.79 Å². The summed E-state index contributed by atoms with van der Waals surface area (Å²) < 4.78 is 2.16. The molecule has 1 N–H and O–H groups in total. The highest BCUT2D eigenvalue weighted by molar-refractivity contribution is 5.99. The standard InChI is InChI=1S/C26H25N3O/c30-26(28-16-15-23(19-28)27-22-12-5-2-6-13-22)25-17-21-11-7-8-14-24(21)29(25)18-20-9-3-1-4-10-20/h1-14,17,23,27H,15-16,18-19H2. The summed E-state index contributed by atoms with van der Waals surface area (Å²) in [6, 6.07) is 31.1. The van der Waals surface area contributed by atoms with Crippen LogP contribution >= 0.6 is 0 Å². The fourth-order valence-electron chi connectivity index (χ4n) is 4.32. The number of fused-ring (bicyclic) bond motifs is 1. The number of nitrogens with zero attached hydrogens (tertiary/aromatic N) is 2. The highest BCUT2D eigenvalue weighted by Crippen LogP contribution is 2.24. The summed E-state index contributed by atoms with van der Waals surface area (Å²) in [5, 5.41) is 4.66. The summed E-state index contributed by atoms with van der Waals surface area (Å²) in [6.07, 6.45) is 0.958. The Morgan fingerprint density at radius 2 is 1.60 bits per heavy atom. The normalized spacial score (nSPS) is 16.1. The predicted molar refractivity (Wildman–Crippen MR) is 122 cm³/mol. The number of para-hydroxylation sites is 2. The minimum atomic E-state index is 0.111. The first-order chi connectivity index (χ1) is 14.8. The number of benzene rings is 3. The van der Waals surface area contributed by atoms with Crippen molar-refractivity contribution in [2.24, 2.45) is 0 Å². The van der Waals surface area contributed by atoms with Gasteiger partial charge in [0.1, 0.15) is 5.69 Å². The number of amides is 1. The highest BCUT2D eigenvalue weighted by Gasteiger charge is 2.29. The molecule has 4 nitrogen and oxygen atoms in total. The Morgan fingerprint density at radius 1 is 0.900 bits per heavy atom. The van der Waals surface area contributed by atoms with Crippen LogP contribution in [0.15, 0.2) is 91.0 Å². The van der Waals surface area contributed by atoms with E-state index in [0.717, 1.165) is 41.8 Å². The van der Waals surface area contributed by atoms with Gasteiger partial charge in [0.05, 0.1) is 0 Å². The number of carbonyl (C=O) groups excluding carboxylic acids is 1. The molecule has 1 amide bonds. The number of likely N-dealkylation sites (tertiary alicyclic amines) is 1. The lowest BCUT2D eigenvalue weighted by atomic mass is 10.2. The fraction of sp³-hybridized carbons (Fsp3) is 0.192. The number of carbonyl (C=O) groups is 1. The Labute approximate surface area is 176 Å². The first-order valence-corrected chi connectivity index (χ1v) is 10.5. The van der Waals surface area contributed by atoms with Gasteiger partial charge in [-0.15, -0.1) is 0 Å². The van der Waals surface area contributed by atoms with Crippen LogP contribution in [0.2, 0.25) is 0 Å². The van der Waals surface area contributed by atoms with Gasteiger partial charge in [-0.1, -0.05) is 66.7 Å². The van der Waals surface area contributed by atoms with Gasteiger partial charge in [-0.2, -0.15) is 0 Å². The third-order valence-electron chi connectivity index (χ3n) is 5.83. The third kappa shape index (κ3) is 3.69. The number of rotatable bonds is 5. The first kappa shape index (κ1) is 18.5. The van der Waals surface area contributed by atoms with Gasteiger partial charge >= 0.3 is 0 Å². The molecular formula is C26H25N3O. The third-order valence-corrected chi connectivity index (χ3v) is 5.83. The molecule has 1 unspecified atom stereocenters. The molecule has 2 heterocycles. The van der Waals surface area contributed by atoms with E-state index >= 15 is 0 Å². The van der Waals surface area contributed by atoms with Crippen LogP contribution in [0.3, 0.4) is 0 Å². The van der Waals surface area contributed by atoms with E-state index in [4.69, 9.17) is 0 Å². The van der Waals surface area contributed by atoms with E-state index < -0.39 is 0 Å². The summed E-state index contributed by atoms with van der Waals surface area (Å²) in [7, 11) is 0. The quantitative estimate of drug-likeness (QED) is 0.515. The van der Waals surface area contributed by atoms with Crippen LogP contribution in [0.25, 0.3) is 10.9 Å². The maximum absolute atomic E-state index is 13.5. The SMILES string of the molecule is O=C(c1cc2ccccc2n1Cc1ccccc1)N1CCC(Nc2ccccc2)C1. The number of anilines is 1. The van der Waals surface area contributed by atoms with Gasteiger partial charge < -0.3 is 14.8 Å². The molecule has 3 aromatic carbocycles. The minimum Gasteiger partial charge on any atom is -0.380 e. The molecule has 1 saturated heterocycles. The number of aromatic nitrogens is 1. The molecule has 1 aromatic heterocycles. The Morgan fingerprint density at radius 3 is 2.40 bits per heavy atom. The Kier molecular flexibility index (Phi) is 4.98. The average Bonchev–Trinajstić information content (AvgIpc) is 3.40. The summed E-state index contributed by atoms with van der Waals surface area (Å²) >= 11 is 0. The van der Waals surface area contributed by atoms with Crippen LogP contribution in [0.1, 0.15) is 22.5 Å². The van der Waals surface area contributed by atoms with Gasteiger partial charge in [-0.3, -0.25) is 4.79 Å². The van der Waals surface area contributed by atoms with Crippen LogP contribution in [0.5, 0.6) is 0 Å². The molecule has 4 heteroatoms. The molecule has 0 bridgehead atoms. The minimum absolute atomic E-state index is 0.111. The van der Waals surface area contributed by atoms with Crippen molar-refractivity contribution in [3.05, 3.63) is 102 Å². The molecule has 1 fully saturated rings. The summed E-state index contributed by atoms with van der Waals surface area (Å²) in [4.78, 5) is 15.5. The van der Waals surface area contributed by atoms with Crippen LogP contribution in [0.4, 0.5) is 5.69 Å². The Balaban J connectivity index is 1.40. The largest absolute Gasteiger partial charge is 0.380 e. The molecule has 0 aliphatic carbocycles. The maximum Gasteiger partial charge on any atom is 0.270 e. The molecule has 1 aliphatic rings. The second-order valence-corrected chi connectivity index (χ2v) is 7.91. The summed E-state index contributed by atoms with van der Waals surface area (Å²) in [6.45, 7) is 2.19. The Bertz CT molecular complexity index is 1150. The first-order valence-electron chi connectivity index (χ1n) is 10.5. The van der Waals surface area contributed by atoms with E-state index in [1.807, 2.05) is 59.5 Å². The van der Waals surface area contributed by atoms with E-state index in [-0.39, 0.29) is 11.9 Å². The average molecular weight is 396 g/mol. The molecule has 0 saturated carbocycles. The smallest absolute Gasteiger partial charge is 0.270 e. The van der Waals surface area contributed by atoms with Crippen molar-refractivity contribution in [3.8, 4) is 0 Å². The second-order valence-electron chi connectivity index (χ2n) is 7.91. The fourth-order valence-corrected chi connectivity index (χ4v) is 4.32. The van der Waals surface area contributed by atoms with Crippen molar-refractivity contribution in [1.82, 2.24) is 9.47 Å². The molecule has 1 aliphatic heterocycles. The monoisotopic (exact) mass is 395 g/mol.